The van der Waals surface area contributed by atoms with Crippen LogP contribution >= 0.6 is 24.0 Å². The number of primary amides is 1. The highest BCUT2D eigenvalue weighted by Gasteiger charge is 2.36. The molecule has 1 saturated heterocycles. The first-order valence-corrected chi connectivity index (χ1v) is 8.48. The van der Waals surface area contributed by atoms with Crippen molar-refractivity contribution < 1.29 is 19.1 Å². The number of nitrogens with two attached hydrogens (primary N) is 1. The number of carbonyl (C=O) groups excluding carboxylic acids is 2. The molecule has 1 heterocycles. The van der Waals surface area contributed by atoms with Crippen LogP contribution in [0.2, 0.25) is 0 Å². The van der Waals surface area contributed by atoms with E-state index in [4.69, 9.17) is 15.2 Å². The summed E-state index contributed by atoms with van der Waals surface area (Å²) in [6.45, 7) is 3.73. The van der Waals surface area contributed by atoms with Gasteiger partial charge in [0.2, 0.25) is 0 Å². The van der Waals surface area contributed by atoms with Crippen molar-refractivity contribution in [3.8, 4) is 5.75 Å². The summed E-state index contributed by atoms with van der Waals surface area (Å²) in [6, 6.07) is 7.40. The molecule has 0 aromatic heterocycles. The van der Waals surface area contributed by atoms with Gasteiger partial charge >= 0.3 is 5.97 Å². The van der Waals surface area contributed by atoms with Crippen LogP contribution in [-0.4, -0.2) is 56.6 Å². The van der Waals surface area contributed by atoms with Crippen molar-refractivity contribution in [3.63, 3.8) is 0 Å². The van der Waals surface area contributed by atoms with Crippen LogP contribution in [0, 0.1) is 11.8 Å². The van der Waals surface area contributed by atoms with Crippen molar-refractivity contribution in [2.45, 2.75) is 13.5 Å². The quantitative estimate of drug-likeness (QED) is 0.267. The number of aliphatic imine (C=N–C) groups is 1. The number of ether oxygens (including phenoxy) is 2. The Bertz CT molecular complexity index is 683. The van der Waals surface area contributed by atoms with E-state index in [-0.39, 0.29) is 48.4 Å². The molecule has 0 bridgehead atoms. The first kappa shape index (κ1) is 23.0. The largest absolute Gasteiger partial charge is 0.484 e. The maximum absolute atomic E-state index is 11.9. The van der Waals surface area contributed by atoms with E-state index in [2.05, 4.69) is 15.2 Å². The third-order valence-corrected chi connectivity index (χ3v) is 4.36. The van der Waals surface area contributed by atoms with Gasteiger partial charge in [-0.15, -0.1) is 24.0 Å². The fourth-order valence-corrected chi connectivity index (χ4v) is 3.01. The van der Waals surface area contributed by atoms with E-state index in [9.17, 15) is 9.59 Å². The number of rotatable bonds is 6. The van der Waals surface area contributed by atoms with Crippen LogP contribution in [0.4, 0.5) is 0 Å². The van der Waals surface area contributed by atoms with Crippen LogP contribution in [0.3, 0.4) is 0 Å². The molecule has 1 aliphatic heterocycles. The number of amides is 1. The van der Waals surface area contributed by atoms with E-state index in [1.165, 1.54) is 7.11 Å². The topological polar surface area (TPSA) is 106 Å². The molecule has 2 atom stereocenters. The fourth-order valence-electron chi connectivity index (χ4n) is 3.01. The minimum Gasteiger partial charge on any atom is -0.484 e. The van der Waals surface area contributed by atoms with Crippen molar-refractivity contribution in [2.24, 2.45) is 22.6 Å². The molecule has 0 radical (unpaired) electrons. The lowest BCUT2D eigenvalue weighted by Crippen LogP contribution is -2.40. The number of halogens is 1. The third-order valence-electron chi connectivity index (χ3n) is 4.36. The third kappa shape index (κ3) is 6.56. The van der Waals surface area contributed by atoms with Gasteiger partial charge in [-0.2, -0.15) is 0 Å². The fraction of sp³-hybridized carbons (Fsp3) is 0.500. The van der Waals surface area contributed by atoms with Gasteiger partial charge in [0.25, 0.3) is 5.91 Å². The minimum atomic E-state index is -0.516. The first-order chi connectivity index (χ1) is 12.4. The molecule has 3 N–H and O–H groups in total. The number of hydrogen-bond donors (Lipinski definition) is 2. The van der Waals surface area contributed by atoms with Crippen molar-refractivity contribution in [1.29, 1.82) is 0 Å². The highest BCUT2D eigenvalue weighted by molar-refractivity contribution is 14.0. The lowest BCUT2D eigenvalue weighted by atomic mass is 9.99. The molecule has 1 amide bonds. The summed E-state index contributed by atoms with van der Waals surface area (Å²) in [6.07, 6.45) is 0. The molecule has 2 unspecified atom stereocenters. The number of guanidine groups is 1. The Balaban J connectivity index is 0.00000364. The Morgan fingerprint density at radius 3 is 2.74 bits per heavy atom. The van der Waals surface area contributed by atoms with E-state index in [1.807, 2.05) is 25.1 Å². The molecule has 27 heavy (non-hydrogen) atoms. The molecule has 8 nitrogen and oxygen atoms in total. The second-order valence-electron chi connectivity index (χ2n) is 6.32. The Morgan fingerprint density at radius 2 is 2.11 bits per heavy atom. The smallest absolute Gasteiger partial charge is 0.310 e. The Labute approximate surface area is 176 Å². The van der Waals surface area contributed by atoms with Gasteiger partial charge in [0.05, 0.1) is 13.0 Å². The molecule has 0 saturated carbocycles. The standard InChI is InChI=1S/C18H26N4O4.HI/c1-12-9-22(10-15(12)17(24)25-3)18(20-2)21-8-13-5-4-6-14(7-13)26-11-16(19)23;/h4-7,12,15H,8-11H2,1-3H3,(H2,19,23)(H,20,21);1H. The molecule has 1 aromatic carbocycles. The number of nitrogens with zero attached hydrogens (tertiary/aromatic N) is 2. The second kappa shape index (κ2) is 11.0. The van der Waals surface area contributed by atoms with Crippen molar-refractivity contribution in [3.05, 3.63) is 29.8 Å². The number of carbonyl (C=O) groups is 2. The maximum atomic E-state index is 11.9. The number of methoxy groups -OCH3 is 1. The molecule has 0 aliphatic carbocycles. The van der Waals surface area contributed by atoms with E-state index >= 15 is 0 Å². The second-order valence-corrected chi connectivity index (χ2v) is 6.32. The molecular weight excluding hydrogens is 463 g/mol. The van der Waals surface area contributed by atoms with E-state index in [1.54, 1.807) is 13.1 Å². The lowest BCUT2D eigenvalue weighted by molar-refractivity contribution is -0.146. The molecular formula is C18H27IN4O4. The SMILES string of the molecule is CN=C(NCc1cccc(OCC(N)=O)c1)N1CC(C)C(C(=O)OC)C1.I. The van der Waals surface area contributed by atoms with E-state index in [0.717, 1.165) is 18.1 Å². The van der Waals surface area contributed by atoms with Crippen molar-refractivity contribution >= 4 is 41.8 Å². The molecule has 1 fully saturated rings. The normalized spacial score (nSPS) is 19.2. The van der Waals surface area contributed by atoms with Crippen LogP contribution < -0.4 is 15.8 Å². The van der Waals surface area contributed by atoms with Gasteiger partial charge in [0, 0.05) is 26.7 Å². The summed E-state index contributed by atoms with van der Waals surface area (Å²) in [5.74, 6) is 0.660. The minimum absolute atomic E-state index is 0. The van der Waals surface area contributed by atoms with E-state index in [0.29, 0.717) is 18.8 Å². The zero-order chi connectivity index (χ0) is 19.1. The number of esters is 1. The Morgan fingerprint density at radius 1 is 1.37 bits per heavy atom. The summed E-state index contributed by atoms with van der Waals surface area (Å²) in [5, 5.41) is 3.29. The van der Waals surface area contributed by atoms with Gasteiger partial charge in [-0.25, -0.2) is 0 Å². The van der Waals surface area contributed by atoms with Crippen LogP contribution in [0.15, 0.2) is 29.3 Å². The molecule has 0 spiro atoms. The van der Waals surface area contributed by atoms with Gasteiger partial charge in [-0.05, 0) is 23.6 Å². The molecule has 2 rings (SSSR count). The summed E-state index contributed by atoms with van der Waals surface area (Å²) >= 11 is 0. The number of hydrogen-bond acceptors (Lipinski definition) is 5. The summed E-state index contributed by atoms with van der Waals surface area (Å²) in [7, 11) is 3.13. The lowest BCUT2D eigenvalue weighted by Gasteiger charge is -2.21. The molecule has 9 heteroatoms. The highest BCUT2D eigenvalue weighted by Crippen LogP contribution is 2.24. The van der Waals surface area contributed by atoms with Crippen LogP contribution in [0.25, 0.3) is 0 Å². The predicted molar refractivity (Wildman–Crippen MR) is 113 cm³/mol. The summed E-state index contributed by atoms with van der Waals surface area (Å²) in [4.78, 5) is 29.0. The molecule has 1 aromatic rings. The van der Waals surface area contributed by atoms with Gasteiger partial charge in [-0.3, -0.25) is 14.6 Å². The zero-order valence-corrected chi connectivity index (χ0v) is 18.1. The highest BCUT2D eigenvalue weighted by atomic mass is 127. The van der Waals surface area contributed by atoms with Crippen molar-refractivity contribution in [1.82, 2.24) is 10.2 Å². The average molecular weight is 490 g/mol. The summed E-state index contributed by atoms with van der Waals surface area (Å²) in [5.41, 5.74) is 6.06. The van der Waals surface area contributed by atoms with Gasteiger partial charge < -0.3 is 25.4 Å². The number of benzene rings is 1. The van der Waals surface area contributed by atoms with Crippen LogP contribution in [0.5, 0.6) is 5.75 Å². The maximum Gasteiger partial charge on any atom is 0.310 e. The van der Waals surface area contributed by atoms with Gasteiger partial charge in [0.1, 0.15) is 5.75 Å². The monoisotopic (exact) mass is 490 g/mol. The molecule has 150 valence electrons. The summed E-state index contributed by atoms with van der Waals surface area (Å²) < 4.78 is 10.2. The zero-order valence-electron chi connectivity index (χ0n) is 15.8. The average Bonchev–Trinajstić information content (AvgIpc) is 3.02. The molecule has 1 aliphatic rings. The predicted octanol–water partition coefficient (Wildman–Crippen LogP) is 0.985. The number of nitrogens with one attached hydrogen (secondary N) is 1. The van der Waals surface area contributed by atoms with Gasteiger partial charge in [-0.1, -0.05) is 19.1 Å². The van der Waals surface area contributed by atoms with Crippen LogP contribution in [0.1, 0.15) is 12.5 Å². The Hall–Kier alpha value is -2.04. The van der Waals surface area contributed by atoms with Crippen LogP contribution in [-0.2, 0) is 20.9 Å². The Kier molecular flexibility index (Phi) is 9.33. The number of likely N-dealkylation sites (tertiary alicyclic amines) is 1. The first-order valence-electron chi connectivity index (χ1n) is 8.48. The van der Waals surface area contributed by atoms with Gasteiger partial charge in [0.15, 0.2) is 12.6 Å². The van der Waals surface area contributed by atoms with Crippen molar-refractivity contribution in [2.75, 3.05) is 33.9 Å². The van der Waals surface area contributed by atoms with E-state index < -0.39 is 5.91 Å².